The Balaban J connectivity index is 2.54. The molecule has 0 saturated carbocycles. The number of ether oxygens (including phenoxy) is 1. The van der Waals surface area contributed by atoms with Gasteiger partial charge in [0.05, 0.1) is 7.11 Å². The number of aromatic nitrogens is 1. The predicted molar refractivity (Wildman–Crippen MR) is 74.8 cm³/mol. The second kappa shape index (κ2) is 6.84. The minimum Gasteiger partial charge on any atom is -0.464 e. The number of carbonyl (C=O) groups excluding carboxylic acids is 1. The van der Waals surface area contributed by atoms with Gasteiger partial charge < -0.3 is 10.1 Å². The van der Waals surface area contributed by atoms with E-state index in [1.807, 2.05) is 13.8 Å². The number of methoxy groups -OCH3 is 1. The summed E-state index contributed by atoms with van der Waals surface area (Å²) in [5.41, 5.74) is 0.358. The van der Waals surface area contributed by atoms with Crippen molar-refractivity contribution < 1.29 is 13.7 Å². The number of aryl methyl sites for hydroxylation is 1. The topological polar surface area (TPSA) is 68.3 Å². The van der Waals surface area contributed by atoms with E-state index in [1.165, 1.54) is 18.4 Å². The molecule has 1 N–H and O–H groups in total. The van der Waals surface area contributed by atoms with Gasteiger partial charge in [-0.2, -0.15) is 0 Å². The van der Waals surface area contributed by atoms with Crippen molar-refractivity contribution >= 4 is 33.2 Å². The van der Waals surface area contributed by atoms with Gasteiger partial charge in [-0.1, -0.05) is 6.92 Å². The molecule has 18 heavy (non-hydrogen) atoms. The lowest BCUT2D eigenvalue weighted by Crippen LogP contribution is -2.14. The van der Waals surface area contributed by atoms with Gasteiger partial charge in [0, 0.05) is 33.7 Å². The Labute approximate surface area is 113 Å². The summed E-state index contributed by atoms with van der Waals surface area (Å²) in [4.78, 5) is 16.4. The van der Waals surface area contributed by atoms with E-state index >= 15 is 0 Å². The van der Waals surface area contributed by atoms with Crippen molar-refractivity contribution in [1.29, 1.82) is 0 Å². The van der Waals surface area contributed by atoms with E-state index in [1.54, 1.807) is 6.26 Å². The smallest absolute Gasteiger partial charge is 0.357 e. The van der Waals surface area contributed by atoms with Crippen LogP contribution in [0.1, 0.15) is 28.7 Å². The molecule has 2 unspecified atom stereocenters. The number of hydrogen-bond acceptors (Lipinski definition) is 6. The summed E-state index contributed by atoms with van der Waals surface area (Å²) in [6.45, 7) is 4.47. The Morgan fingerprint density at radius 3 is 2.83 bits per heavy atom. The Morgan fingerprint density at radius 2 is 2.28 bits per heavy atom. The molecule has 102 valence electrons. The van der Waals surface area contributed by atoms with E-state index < -0.39 is 16.8 Å². The molecule has 2 atom stereocenters. The third-order valence-electron chi connectivity index (χ3n) is 2.57. The van der Waals surface area contributed by atoms with Crippen LogP contribution in [0.4, 0.5) is 5.13 Å². The Kier molecular flexibility index (Phi) is 5.74. The predicted octanol–water partition coefficient (Wildman–Crippen LogP) is 1.81. The van der Waals surface area contributed by atoms with Crippen molar-refractivity contribution in [3.63, 3.8) is 0 Å². The van der Waals surface area contributed by atoms with Gasteiger partial charge >= 0.3 is 5.97 Å². The van der Waals surface area contributed by atoms with Crippen molar-refractivity contribution in [1.82, 2.24) is 4.98 Å². The normalized spacial score (nSPS) is 14.0. The molecule has 0 aromatic carbocycles. The highest BCUT2D eigenvalue weighted by atomic mass is 32.2. The first-order chi connectivity index (χ1) is 8.45. The Morgan fingerprint density at radius 1 is 1.61 bits per heavy atom. The molecule has 0 spiro atoms. The highest BCUT2D eigenvalue weighted by Crippen LogP contribution is 2.22. The van der Waals surface area contributed by atoms with E-state index in [0.717, 1.165) is 11.3 Å². The van der Waals surface area contributed by atoms with Crippen molar-refractivity contribution in [3.05, 3.63) is 10.6 Å². The van der Waals surface area contributed by atoms with Crippen LogP contribution in [-0.4, -0.2) is 40.3 Å². The molecule has 0 aliphatic heterocycles. The average molecular weight is 290 g/mol. The lowest BCUT2D eigenvalue weighted by molar-refractivity contribution is 0.0594. The van der Waals surface area contributed by atoms with Crippen LogP contribution < -0.4 is 5.32 Å². The van der Waals surface area contributed by atoms with Crippen LogP contribution in [0.25, 0.3) is 0 Å². The monoisotopic (exact) mass is 290 g/mol. The first-order valence-corrected chi connectivity index (χ1v) is 8.01. The van der Waals surface area contributed by atoms with E-state index in [4.69, 9.17) is 0 Å². The number of rotatable bonds is 6. The number of esters is 1. The third-order valence-corrected chi connectivity index (χ3v) is 4.87. The van der Waals surface area contributed by atoms with Crippen molar-refractivity contribution in [2.75, 3.05) is 25.2 Å². The van der Waals surface area contributed by atoms with Gasteiger partial charge in [0.25, 0.3) is 0 Å². The minimum atomic E-state index is -0.807. The molecule has 0 saturated heterocycles. The molecular formula is C11H18N2O3S2. The number of thiazole rings is 1. The summed E-state index contributed by atoms with van der Waals surface area (Å²) in [5, 5.41) is 3.98. The van der Waals surface area contributed by atoms with E-state index in [-0.39, 0.29) is 5.25 Å². The SMILES string of the molecule is COC(=O)c1nc(NCCC(C)S(C)=O)sc1C. The molecule has 5 nitrogen and oxygen atoms in total. The maximum atomic E-state index is 11.4. The molecule has 0 fully saturated rings. The van der Waals surface area contributed by atoms with Gasteiger partial charge in [0.2, 0.25) is 0 Å². The lowest BCUT2D eigenvalue weighted by atomic mass is 10.3. The van der Waals surface area contributed by atoms with Crippen molar-refractivity contribution in [3.8, 4) is 0 Å². The van der Waals surface area contributed by atoms with Crippen LogP contribution in [0.15, 0.2) is 0 Å². The number of anilines is 1. The zero-order valence-corrected chi connectivity index (χ0v) is 12.6. The Hall–Kier alpha value is -0.950. The van der Waals surface area contributed by atoms with Gasteiger partial charge in [-0.05, 0) is 13.3 Å². The number of nitrogens with one attached hydrogen (secondary N) is 1. The number of carbonyl (C=O) groups is 1. The molecule has 0 aliphatic rings. The fourth-order valence-electron chi connectivity index (χ4n) is 1.31. The summed E-state index contributed by atoms with van der Waals surface area (Å²) < 4.78 is 15.8. The highest BCUT2D eigenvalue weighted by molar-refractivity contribution is 7.84. The van der Waals surface area contributed by atoms with Crippen molar-refractivity contribution in [2.24, 2.45) is 0 Å². The van der Waals surface area contributed by atoms with Crippen LogP contribution in [-0.2, 0) is 15.5 Å². The molecule has 1 aromatic heterocycles. The Bertz CT molecular complexity index is 445. The third kappa shape index (κ3) is 4.06. The number of hydrogen-bond donors (Lipinski definition) is 1. The van der Waals surface area contributed by atoms with Crippen LogP contribution in [0, 0.1) is 6.92 Å². The van der Waals surface area contributed by atoms with E-state index in [9.17, 15) is 9.00 Å². The molecule has 1 aromatic rings. The van der Waals surface area contributed by atoms with Crippen molar-refractivity contribution in [2.45, 2.75) is 25.5 Å². The molecule has 7 heteroatoms. The second-order valence-electron chi connectivity index (χ2n) is 3.94. The lowest BCUT2D eigenvalue weighted by Gasteiger charge is -2.07. The average Bonchev–Trinajstić information content (AvgIpc) is 2.69. The van der Waals surface area contributed by atoms with Crippen LogP contribution in [0.2, 0.25) is 0 Å². The summed E-state index contributed by atoms with van der Waals surface area (Å²) in [6, 6.07) is 0. The van der Waals surface area contributed by atoms with Crippen LogP contribution in [0.5, 0.6) is 0 Å². The first-order valence-electron chi connectivity index (χ1n) is 5.57. The van der Waals surface area contributed by atoms with E-state index in [2.05, 4.69) is 15.0 Å². The highest BCUT2D eigenvalue weighted by Gasteiger charge is 2.15. The maximum Gasteiger partial charge on any atom is 0.357 e. The van der Waals surface area contributed by atoms with Gasteiger partial charge in [-0.3, -0.25) is 4.21 Å². The fourth-order valence-corrected chi connectivity index (χ4v) is 2.58. The second-order valence-corrected chi connectivity index (χ2v) is 6.95. The van der Waals surface area contributed by atoms with Crippen LogP contribution >= 0.6 is 11.3 Å². The molecule has 0 amide bonds. The molecule has 1 heterocycles. The summed E-state index contributed by atoms with van der Waals surface area (Å²) in [6.07, 6.45) is 2.50. The van der Waals surface area contributed by atoms with Gasteiger partial charge in [0.15, 0.2) is 10.8 Å². The summed E-state index contributed by atoms with van der Waals surface area (Å²) in [5.74, 6) is -0.417. The zero-order valence-electron chi connectivity index (χ0n) is 11.0. The molecule has 0 radical (unpaired) electrons. The molecule has 0 bridgehead atoms. The van der Waals surface area contributed by atoms with Gasteiger partial charge in [-0.15, -0.1) is 11.3 Å². The van der Waals surface area contributed by atoms with Gasteiger partial charge in [0.1, 0.15) is 0 Å². The standard InChI is InChI=1S/C11H18N2O3S2/c1-7(18(4)15)5-6-12-11-13-9(8(2)17-11)10(14)16-3/h7H,5-6H2,1-4H3,(H,12,13). The minimum absolute atomic E-state index is 0.152. The van der Waals surface area contributed by atoms with Gasteiger partial charge in [-0.25, -0.2) is 9.78 Å². The number of nitrogens with zero attached hydrogens (tertiary/aromatic N) is 1. The first kappa shape index (κ1) is 15.1. The molecular weight excluding hydrogens is 272 g/mol. The fraction of sp³-hybridized carbons (Fsp3) is 0.636. The summed E-state index contributed by atoms with van der Waals surface area (Å²) in [7, 11) is 0.532. The van der Waals surface area contributed by atoms with Crippen LogP contribution in [0.3, 0.4) is 0 Å². The molecule has 1 rings (SSSR count). The zero-order chi connectivity index (χ0) is 13.7. The molecule has 0 aliphatic carbocycles. The largest absolute Gasteiger partial charge is 0.464 e. The quantitative estimate of drug-likeness (QED) is 0.809. The van der Waals surface area contributed by atoms with E-state index in [0.29, 0.717) is 17.4 Å². The maximum absolute atomic E-state index is 11.4. The summed E-state index contributed by atoms with van der Waals surface area (Å²) >= 11 is 1.42.